The molecule has 0 aromatic carbocycles. The van der Waals surface area contributed by atoms with Crippen LogP contribution in [0.4, 0.5) is 0 Å². The average Bonchev–Trinajstić information content (AvgIpc) is 2.54. The number of aliphatic hydroxyl groups excluding tert-OH is 1. The minimum Gasteiger partial charge on any atom is -0.396 e. The number of hydrogen-bond acceptors (Lipinski definition) is 1. The fourth-order valence-electron chi connectivity index (χ4n) is 2.97. The van der Waals surface area contributed by atoms with E-state index >= 15 is 0 Å². The molecule has 1 N–H and O–H groups in total. The van der Waals surface area contributed by atoms with Gasteiger partial charge < -0.3 is 5.11 Å². The van der Waals surface area contributed by atoms with Crippen molar-refractivity contribution < 1.29 is 5.11 Å². The maximum absolute atomic E-state index is 8.94. The second kappa shape index (κ2) is 16.1. The number of rotatable bonds is 14. The Bertz CT molecular complexity index is 472. The van der Waals surface area contributed by atoms with Crippen LogP contribution in [-0.4, -0.2) is 11.7 Å². The molecule has 1 heteroatoms. The molecule has 1 nitrogen and oxygen atoms in total. The number of hydrogen-bond donors (Lipinski definition) is 1. The van der Waals surface area contributed by atoms with Gasteiger partial charge in [-0.2, -0.15) is 0 Å². The molecule has 0 fully saturated rings. The van der Waals surface area contributed by atoms with E-state index in [0.717, 1.165) is 19.3 Å². The van der Waals surface area contributed by atoms with Crippen LogP contribution in [0.3, 0.4) is 0 Å². The quantitative estimate of drug-likeness (QED) is 0.312. The highest BCUT2D eigenvalue weighted by Crippen LogP contribution is 2.15. The second-order valence-electron chi connectivity index (χ2n) is 8.24. The molecular formula is C25H44O. The van der Waals surface area contributed by atoms with Gasteiger partial charge in [0.1, 0.15) is 0 Å². The maximum atomic E-state index is 8.94. The predicted octanol–water partition coefficient (Wildman–Crippen LogP) is 7.93. The Morgan fingerprint density at radius 3 is 1.50 bits per heavy atom. The zero-order valence-electron chi connectivity index (χ0n) is 18.4. The van der Waals surface area contributed by atoms with Gasteiger partial charge in [0.15, 0.2) is 0 Å². The topological polar surface area (TPSA) is 20.2 Å². The normalized spacial score (nSPS) is 14.5. The van der Waals surface area contributed by atoms with Crippen molar-refractivity contribution in [3.8, 4) is 0 Å². The highest BCUT2D eigenvalue weighted by Gasteiger charge is 1.99. The van der Waals surface area contributed by atoms with Crippen molar-refractivity contribution in [3.05, 3.63) is 46.6 Å². The van der Waals surface area contributed by atoms with Crippen LogP contribution >= 0.6 is 0 Å². The predicted molar refractivity (Wildman–Crippen MR) is 119 cm³/mol. The van der Waals surface area contributed by atoms with E-state index < -0.39 is 0 Å². The molecule has 0 aliphatic rings. The Morgan fingerprint density at radius 2 is 1.08 bits per heavy atom. The summed E-state index contributed by atoms with van der Waals surface area (Å²) in [6.07, 6.45) is 19.8. The van der Waals surface area contributed by atoms with Crippen LogP contribution in [0.25, 0.3) is 0 Å². The molecule has 0 saturated carbocycles. The fraction of sp³-hybridized carbons (Fsp3) is 0.680. The van der Waals surface area contributed by atoms with Crippen molar-refractivity contribution >= 4 is 0 Å². The first-order valence-corrected chi connectivity index (χ1v) is 10.6. The monoisotopic (exact) mass is 360 g/mol. The zero-order chi connectivity index (χ0) is 19.8. The fourth-order valence-corrected chi connectivity index (χ4v) is 2.97. The van der Waals surface area contributed by atoms with Crippen LogP contribution in [-0.2, 0) is 0 Å². The van der Waals surface area contributed by atoms with Gasteiger partial charge in [-0.05, 0) is 98.3 Å². The third-order valence-corrected chi connectivity index (χ3v) is 4.93. The summed E-state index contributed by atoms with van der Waals surface area (Å²) in [5.41, 5.74) is 5.95. The van der Waals surface area contributed by atoms with Crippen molar-refractivity contribution in [3.63, 3.8) is 0 Å². The van der Waals surface area contributed by atoms with Crippen LogP contribution in [0, 0.1) is 5.92 Å². The highest BCUT2D eigenvalue weighted by atomic mass is 16.3. The highest BCUT2D eigenvalue weighted by molar-refractivity contribution is 5.07. The lowest BCUT2D eigenvalue weighted by atomic mass is 10.0. The van der Waals surface area contributed by atoms with Gasteiger partial charge in [0.2, 0.25) is 0 Å². The average molecular weight is 361 g/mol. The molecule has 0 bridgehead atoms. The van der Waals surface area contributed by atoms with Crippen LogP contribution in [0.15, 0.2) is 46.6 Å². The van der Waals surface area contributed by atoms with E-state index in [1.807, 2.05) is 0 Å². The molecule has 0 heterocycles. The Labute approximate surface area is 164 Å². The summed E-state index contributed by atoms with van der Waals surface area (Å²) in [6, 6.07) is 0. The summed E-state index contributed by atoms with van der Waals surface area (Å²) >= 11 is 0. The maximum Gasteiger partial charge on any atom is 0.0433 e. The summed E-state index contributed by atoms with van der Waals surface area (Å²) in [6.45, 7) is 13.7. The van der Waals surface area contributed by atoms with Gasteiger partial charge >= 0.3 is 0 Å². The molecule has 0 aromatic rings. The van der Waals surface area contributed by atoms with Gasteiger partial charge in [0, 0.05) is 6.61 Å². The van der Waals surface area contributed by atoms with Crippen molar-refractivity contribution in [2.75, 3.05) is 6.61 Å². The van der Waals surface area contributed by atoms with Crippen molar-refractivity contribution in [2.45, 2.75) is 99.3 Å². The molecule has 0 spiro atoms. The van der Waals surface area contributed by atoms with E-state index in [-0.39, 0.29) is 0 Å². The van der Waals surface area contributed by atoms with Gasteiger partial charge in [-0.25, -0.2) is 0 Å². The lowest BCUT2D eigenvalue weighted by Gasteiger charge is -2.07. The van der Waals surface area contributed by atoms with E-state index in [2.05, 4.69) is 65.8 Å². The van der Waals surface area contributed by atoms with Gasteiger partial charge in [0.25, 0.3) is 0 Å². The van der Waals surface area contributed by atoms with E-state index in [1.165, 1.54) is 60.8 Å². The SMILES string of the molecule is CC(C)=CCC/C(C)=C/CC/C(C)=C/CC/C(C)=C\CC[C@H](C)CCO. The molecule has 0 rings (SSSR count). The van der Waals surface area contributed by atoms with Gasteiger partial charge in [-0.3, -0.25) is 0 Å². The molecule has 0 aromatic heterocycles. The zero-order valence-corrected chi connectivity index (χ0v) is 18.4. The lowest BCUT2D eigenvalue weighted by molar-refractivity contribution is 0.259. The van der Waals surface area contributed by atoms with Gasteiger partial charge in [0.05, 0.1) is 0 Å². The molecule has 0 aliphatic carbocycles. The standard InChI is InChI=1S/C25H44O/c1-21(2)11-7-12-22(3)13-8-14-23(4)15-9-16-24(5)17-10-18-25(6)19-20-26/h11,13,15,17,25-26H,7-10,12,14,16,18-20H2,1-6H3/b22-13+,23-15+,24-17-/t25-/m0/s1. The van der Waals surface area contributed by atoms with Crippen LogP contribution < -0.4 is 0 Å². The van der Waals surface area contributed by atoms with E-state index in [4.69, 9.17) is 5.11 Å². The molecule has 1 atom stereocenters. The van der Waals surface area contributed by atoms with E-state index in [0.29, 0.717) is 12.5 Å². The summed E-state index contributed by atoms with van der Waals surface area (Å²) in [7, 11) is 0. The molecule has 150 valence electrons. The number of aliphatic hydroxyl groups is 1. The van der Waals surface area contributed by atoms with Gasteiger partial charge in [-0.15, -0.1) is 0 Å². The Morgan fingerprint density at radius 1 is 0.654 bits per heavy atom. The molecule has 0 amide bonds. The second-order valence-corrected chi connectivity index (χ2v) is 8.24. The van der Waals surface area contributed by atoms with E-state index in [1.54, 1.807) is 0 Å². The Kier molecular flexibility index (Phi) is 15.5. The molecule has 0 aliphatic heterocycles. The van der Waals surface area contributed by atoms with Gasteiger partial charge in [-0.1, -0.05) is 53.5 Å². The van der Waals surface area contributed by atoms with Crippen molar-refractivity contribution in [2.24, 2.45) is 5.92 Å². The first-order chi connectivity index (χ1) is 12.3. The van der Waals surface area contributed by atoms with Crippen LogP contribution in [0.5, 0.6) is 0 Å². The summed E-state index contributed by atoms with van der Waals surface area (Å²) in [5.74, 6) is 0.629. The molecular weight excluding hydrogens is 316 g/mol. The first kappa shape index (κ1) is 24.9. The third kappa shape index (κ3) is 16.4. The minimum atomic E-state index is 0.318. The lowest BCUT2D eigenvalue weighted by Crippen LogP contribution is -1.97. The molecule has 0 radical (unpaired) electrons. The summed E-state index contributed by atoms with van der Waals surface area (Å²) < 4.78 is 0. The molecule has 0 unspecified atom stereocenters. The minimum absolute atomic E-state index is 0.318. The third-order valence-electron chi connectivity index (χ3n) is 4.93. The molecule has 0 saturated heterocycles. The van der Waals surface area contributed by atoms with E-state index in [9.17, 15) is 0 Å². The smallest absolute Gasteiger partial charge is 0.0433 e. The Balaban J connectivity index is 3.97. The summed E-state index contributed by atoms with van der Waals surface area (Å²) in [4.78, 5) is 0. The Hall–Kier alpha value is -1.08. The first-order valence-electron chi connectivity index (χ1n) is 10.6. The molecule has 26 heavy (non-hydrogen) atoms. The summed E-state index contributed by atoms with van der Waals surface area (Å²) in [5, 5.41) is 8.94. The number of allylic oxidation sites excluding steroid dienone is 8. The largest absolute Gasteiger partial charge is 0.396 e. The van der Waals surface area contributed by atoms with Crippen molar-refractivity contribution in [1.82, 2.24) is 0 Å². The van der Waals surface area contributed by atoms with Crippen LogP contribution in [0.2, 0.25) is 0 Å². The van der Waals surface area contributed by atoms with Crippen LogP contribution in [0.1, 0.15) is 99.3 Å². The van der Waals surface area contributed by atoms with Crippen molar-refractivity contribution in [1.29, 1.82) is 0 Å².